The molecule has 0 saturated heterocycles. The van der Waals surface area contributed by atoms with Gasteiger partial charge >= 0.3 is 0 Å². The van der Waals surface area contributed by atoms with Gasteiger partial charge in [-0.05, 0) is 12.1 Å². The summed E-state index contributed by atoms with van der Waals surface area (Å²) in [6.07, 6.45) is 0. The van der Waals surface area contributed by atoms with Crippen LogP contribution in [0.1, 0.15) is 0 Å². The maximum absolute atomic E-state index is 11.9. The molecule has 0 amide bonds. The predicted molar refractivity (Wildman–Crippen MR) is 70.0 cm³/mol. The third-order valence-corrected chi connectivity index (χ3v) is 3.64. The Bertz CT molecular complexity index is 842. The van der Waals surface area contributed by atoms with Crippen LogP contribution < -0.4 is 11.1 Å². The molecule has 0 N–H and O–H groups in total. The Hall–Kier alpha value is -2.36. The van der Waals surface area contributed by atoms with Crippen LogP contribution in [0.2, 0.25) is 0 Å². The van der Waals surface area contributed by atoms with Gasteiger partial charge in [-0.3, -0.25) is 9.59 Å². The first-order valence-corrected chi connectivity index (χ1v) is 5.92. The van der Waals surface area contributed by atoms with Crippen molar-refractivity contribution in [1.29, 1.82) is 0 Å². The molecule has 2 aromatic heterocycles. The van der Waals surface area contributed by atoms with E-state index in [-0.39, 0.29) is 11.1 Å². The first kappa shape index (κ1) is 9.65. The summed E-state index contributed by atoms with van der Waals surface area (Å²) in [5.74, 6) is 0. The molecule has 88 valence electrons. The molecule has 0 radical (unpaired) electrons. The molecule has 18 heavy (non-hydrogen) atoms. The van der Waals surface area contributed by atoms with Crippen molar-refractivity contribution in [2.24, 2.45) is 0 Å². The Balaban J connectivity index is 2.46. The quantitative estimate of drug-likeness (QED) is 0.554. The normalized spacial score (nSPS) is 13.6. The van der Waals surface area contributed by atoms with Gasteiger partial charge in [0.25, 0.3) is 11.1 Å². The standard InChI is InChI=1S/C14H10N2O2/c17-11-5-3-9-1-2-10-4-6-12(18)16-8-7-15(11)13(9)14(10)16/h1-6H,7-8H2. The minimum Gasteiger partial charge on any atom is -0.304 e. The number of hydrogen-bond acceptors (Lipinski definition) is 2. The molecule has 0 unspecified atom stereocenters. The van der Waals surface area contributed by atoms with Gasteiger partial charge in [0.2, 0.25) is 0 Å². The molecule has 0 saturated carbocycles. The monoisotopic (exact) mass is 238 g/mol. The van der Waals surface area contributed by atoms with E-state index in [2.05, 4.69) is 0 Å². The van der Waals surface area contributed by atoms with Gasteiger partial charge in [0.05, 0.1) is 11.0 Å². The van der Waals surface area contributed by atoms with Crippen molar-refractivity contribution in [3.05, 3.63) is 57.1 Å². The zero-order chi connectivity index (χ0) is 12.3. The predicted octanol–water partition coefficient (Wildman–Crippen LogP) is 1.33. The average Bonchev–Trinajstić information content (AvgIpc) is 2.40. The average molecular weight is 238 g/mol. The van der Waals surface area contributed by atoms with Crippen molar-refractivity contribution in [2.75, 3.05) is 0 Å². The summed E-state index contributed by atoms with van der Waals surface area (Å²) in [4.78, 5) is 23.8. The number of nitrogens with zero attached hydrogens (tertiary/aromatic N) is 2. The van der Waals surface area contributed by atoms with Crippen LogP contribution in [-0.4, -0.2) is 9.13 Å². The molecular formula is C14H10N2O2. The Kier molecular flexibility index (Phi) is 1.66. The molecule has 4 heteroatoms. The van der Waals surface area contributed by atoms with Crippen molar-refractivity contribution < 1.29 is 0 Å². The van der Waals surface area contributed by atoms with Gasteiger partial charge in [-0.2, -0.15) is 0 Å². The van der Waals surface area contributed by atoms with Crippen LogP contribution in [0.4, 0.5) is 0 Å². The van der Waals surface area contributed by atoms with Crippen molar-refractivity contribution in [3.8, 4) is 0 Å². The lowest BCUT2D eigenvalue weighted by Gasteiger charge is -2.21. The molecule has 0 aliphatic carbocycles. The first-order chi connectivity index (χ1) is 8.75. The highest BCUT2D eigenvalue weighted by Gasteiger charge is 2.16. The van der Waals surface area contributed by atoms with Crippen LogP contribution in [0.3, 0.4) is 0 Å². The molecule has 4 rings (SSSR count). The van der Waals surface area contributed by atoms with Crippen LogP contribution in [-0.2, 0) is 13.1 Å². The highest BCUT2D eigenvalue weighted by Crippen LogP contribution is 2.25. The van der Waals surface area contributed by atoms with E-state index in [1.807, 2.05) is 24.3 Å². The molecule has 1 aliphatic heterocycles. The molecule has 0 atom stereocenters. The van der Waals surface area contributed by atoms with Crippen LogP contribution in [0.25, 0.3) is 21.8 Å². The number of aromatic nitrogens is 2. The molecule has 4 nitrogen and oxygen atoms in total. The molecule has 1 aliphatic rings. The number of rotatable bonds is 0. The zero-order valence-corrected chi connectivity index (χ0v) is 9.59. The lowest BCUT2D eigenvalue weighted by atomic mass is 10.1. The largest absolute Gasteiger partial charge is 0.304 e. The van der Waals surface area contributed by atoms with E-state index in [1.54, 1.807) is 21.3 Å². The van der Waals surface area contributed by atoms with E-state index in [0.29, 0.717) is 13.1 Å². The maximum Gasteiger partial charge on any atom is 0.251 e. The van der Waals surface area contributed by atoms with E-state index in [4.69, 9.17) is 0 Å². The summed E-state index contributed by atoms with van der Waals surface area (Å²) in [5, 5.41) is 2.00. The van der Waals surface area contributed by atoms with Gasteiger partial charge in [0.1, 0.15) is 0 Å². The summed E-state index contributed by atoms with van der Waals surface area (Å²) in [6, 6.07) is 10.8. The first-order valence-electron chi connectivity index (χ1n) is 5.92. The number of hydrogen-bond donors (Lipinski definition) is 0. The molecule has 0 spiro atoms. The summed E-state index contributed by atoms with van der Waals surface area (Å²) in [5.41, 5.74) is 1.75. The fourth-order valence-corrected chi connectivity index (χ4v) is 2.81. The third kappa shape index (κ3) is 1.05. The number of pyridine rings is 2. The third-order valence-electron chi connectivity index (χ3n) is 3.64. The molecular weight excluding hydrogens is 228 g/mol. The second kappa shape index (κ2) is 3.10. The van der Waals surface area contributed by atoms with E-state index >= 15 is 0 Å². The minimum absolute atomic E-state index is 0.00227. The molecule has 3 heterocycles. The van der Waals surface area contributed by atoms with Crippen LogP contribution in [0, 0.1) is 0 Å². The molecule has 3 aromatic rings. The number of aryl methyl sites for hydroxylation is 2. The van der Waals surface area contributed by atoms with Gasteiger partial charge in [-0.1, -0.05) is 12.1 Å². The van der Waals surface area contributed by atoms with Crippen LogP contribution >= 0.6 is 0 Å². The zero-order valence-electron chi connectivity index (χ0n) is 9.59. The summed E-state index contributed by atoms with van der Waals surface area (Å²) in [6.45, 7) is 1.12. The van der Waals surface area contributed by atoms with Crippen molar-refractivity contribution in [2.45, 2.75) is 13.1 Å². The van der Waals surface area contributed by atoms with E-state index in [9.17, 15) is 9.59 Å². The molecule has 0 bridgehead atoms. The van der Waals surface area contributed by atoms with Gasteiger partial charge in [-0.15, -0.1) is 0 Å². The lowest BCUT2D eigenvalue weighted by molar-refractivity contribution is 0.563. The van der Waals surface area contributed by atoms with Crippen molar-refractivity contribution >= 4 is 21.8 Å². The Labute approximate surface area is 102 Å². The van der Waals surface area contributed by atoms with Gasteiger partial charge < -0.3 is 9.13 Å². The molecule has 0 fully saturated rings. The Morgan fingerprint density at radius 2 is 1.06 bits per heavy atom. The highest BCUT2D eigenvalue weighted by atomic mass is 16.1. The fourth-order valence-electron chi connectivity index (χ4n) is 2.81. The van der Waals surface area contributed by atoms with Crippen molar-refractivity contribution in [1.82, 2.24) is 9.13 Å². The highest BCUT2D eigenvalue weighted by molar-refractivity contribution is 6.03. The summed E-state index contributed by atoms with van der Waals surface area (Å²) < 4.78 is 3.52. The van der Waals surface area contributed by atoms with Gasteiger partial charge in [-0.25, -0.2) is 0 Å². The second-order valence-corrected chi connectivity index (χ2v) is 4.59. The van der Waals surface area contributed by atoms with Crippen LogP contribution in [0.5, 0.6) is 0 Å². The van der Waals surface area contributed by atoms with Gasteiger partial charge in [0, 0.05) is 36.0 Å². The summed E-state index contributed by atoms with van der Waals surface area (Å²) in [7, 11) is 0. The Morgan fingerprint density at radius 3 is 1.50 bits per heavy atom. The van der Waals surface area contributed by atoms with Gasteiger partial charge in [0.15, 0.2) is 0 Å². The second-order valence-electron chi connectivity index (χ2n) is 4.59. The SMILES string of the molecule is O=c1ccc2ccc3ccc(=O)n4c3c2n1CC4. The number of benzene rings is 1. The van der Waals surface area contributed by atoms with Crippen LogP contribution in [0.15, 0.2) is 46.0 Å². The fraction of sp³-hybridized carbons (Fsp3) is 0.143. The topological polar surface area (TPSA) is 44.0 Å². The smallest absolute Gasteiger partial charge is 0.251 e. The summed E-state index contributed by atoms with van der Waals surface area (Å²) >= 11 is 0. The maximum atomic E-state index is 11.9. The molecule has 1 aromatic carbocycles. The van der Waals surface area contributed by atoms with E-state index in [1.165, 1.54) is 0 Å². The Morgan fingerprint density at radius 1 is 0.667 bits per heavy atom. The minimum atomic E-state index is -0.00227. The van der Waals surface area contributed by atoms with E-state index < -0.39 is 0 Å². The lowest BCUT2D eigenvalue weighted by Crippen LogP contribution is -2.31. The van der Waals surface area contributed by atoms with Crippen molar-refractivity contribution in [3.63, 3.8) is 0 Å². The van der Waals surface area contributed by atoms with E-state index in [0.717, 1.165) is 21.8 Å².